The molecule has 28 heavy (non-hydrogen) atoms. The molecule has 0 radical (unpaired) electrons. The number of rotatable bonds is 4. The van der Waals surface area contributed by atoms with E-state index >= 15 is 0 Å². The molecule has 4 aromatic rings. The van der Waals surface area contributed by atoms with Crippen LogP contribution >= 0.6 is 0 Å². The van der Waals surface area contributed by atoms with Crippen LogP contribution in [0, 0.1) is 13.8 Å². The molecule has 0 bridgehead atoms. The molecule has 0 aliphatic rings. The predicted molar refractivity (Wildman–Crippen MR) is 121 cm³/mol. The molecule has 0 fully saturated rings. The van der Waals surface area contributed by atoms with Crippen LogP contribution in [0.3, 0.4) is 0 Å². The highest BCUT2D eigenvalue weighted by Crippen LogP contribution is 2.34. The highest BCUT2D eigenvalue weighted by Gasteiger charge is 2.11. The van der Waals surface area contributed by atoms with E-state index in [1.807, 2.05) is 0 Å². The standard InChI is InChI=1S/C28H24/c1-21-12-16-23(17-13-21)20-28(25-18-14-22(2)15-19-25)27-11-7-6-10-26(27)24-8-4-3-5-9-24/h3-20H,1-2H3. The van der Waals surface area contributed by atoms with Crippen LogP contribution in [-0.4, -0.2) is 0 Å². The highest BCUT2D eigenvalue weighted by molar-refractivity contribution is 5.96. The fraction of sp³-hybridized carbons (Fsp3) is 0.0714. The Morgan fingerprint density at radius 1 is 0.571 bits per heavy atom. The van der Waals surface area contributed by atoms with Gasteiger partial charge in [-0.2, -0.15) is 0 Å². The predicted octanol–water partition coefficient (Wildman–Crippen LogP) is 7.56. The lowest BCUT2D eigenvalue weighted by Crippen LogP contribution is -1.93. The molecule has 0 spiro atoms. The van der Waals surface area contributed by atoms with E-state index < -0.39 is 0 Å². The molecule has 0 aliphatic carbocycles. The van der Waals surface area contributed by atoms with Crippen molar-refractivity contribution in [3.63, 3.8) is 0 Å². The van der Waals surface area contributed by atoms with E-state index in [1.54, 1.807) is 0 Å². The van der Waals surface area contributed by atoms with Crippen LogP contribution in [-0.2, 0) is 0 Å². The van der Waals surface area contributed by atoms with Gasteiger partial charge in [0, 0.05) is 0 Å². The molecule has 136 valence electrons. The SMILES string of the molecule is Cc1ccc(C=C(c2ccc(C)cc2)c2ccccc2-c2ccccc2)cc1. The van der Waals surface area contributed by atoms with Crippen molar-refractivity contribution in [1.82, 2.24) is 0 Å². The van der Waals surface area contributed by atoms with Crippen molar-refractivity contribution < 1.29 is 0 Å². The molecule has 0 N–H and O–H groups in total. The van der Waals surface area contributed by atoms with Gasteiger partial charge in [-0.15, -0.1) is 0 Å². The van der Waals surface area contributed by atoms with E-state index in [1.165, 1.54) is 44.5 Å². The topological polar surface area (TPSA) is 0 Å². The maximum atomic E-state index is 2.30. The van der Waals surface area contributed by atoms with Gasteiger partial charge in [-0.1, -0.05) is 114 Å². The van der Waals surface area contributed by atoms with Gasteiger partial charge in [0.05, 0.1) is 0 Å². The first kappa shape index (κ1) is 18.0. The van der Waals surface area contributed by atoms with Crippen molar-refractivity contribution in [2.24, 2.45) is 0 Å². The normalized spacial score (nSPS) is 11.4. The first-order valence-electron chi connectivity index (χ1n) is 9.71. The Labute approximate surface area is 167 Å². The molecule has 4 rings (SSSR count). The molecule has 0 saturated carbocycles. The van der Waals surface area contributed by atoms with Crippen molar-refractivity contribution >= 4 is 11.6 Å². The molecular weight excluding hydrogens is 336 g/mol. The summed E-state index contributed by atoms with van der Waals surface area (Å²) in [5.41, 5.74) is 9.97. The number of benzene rings is 4. The summed E-state index contributed by atoms with van der Waals surface area (Å²) in [6, 6.07) is 36.8. The van der Waals surface area contributed by atoms with E-state index in [9.17, 15) is 0 Å². The third-order valence-electron chi connectivity index (χ3n) is 5.05. The van der Waals surface area contributed by atoms with Gasteiger partial charge in [0.15, 0.2) is 0 Å². The van der Waals surface area contributed by atoms with Crippen molar-refractivity contribution in [2.45, 2.75) is 13.8 Å². The second-order valence-corrected chi connectivity index (χ2v) is 7.25. The van der Waals surface area contributed by atoms with Crippen LogP contribution in [0.2, 0.25) is 0 Å². The molecule has 0 aliphatic heterocycles. The van der Waals surface area contributed by atoms with Crippen molar-refractivity contribution in [3.05, 3.63) is 131 Å². The van der Waals surface area contributed by atoms with Gasteiger partial charge in [0.2, 0.25) is 0 Å². The lowest BCUT2D eigenvalue weighted by Gasteiger charge is -2.15. The lowest BCUT2D eigenvalue weighted by atomic mass is 9.89. The third kappa shape index (κ3) is 3.97. The van der Waals surface area contributed by atoms with Gasteiger partial charge in [-0.05, 0) is 53.3 Å². The average Bonchev–Trinajstić information content (AvgIpc) is 2.75. The summed E-state index contributed by atoms with van der Waals surface area (Å²) in [6.07, 6.45) is 2.30. The zero-order valence-corrected chi connectivity index (χ0v) is 16.4. The molecule has 0 heteroatoms. The smallest absolute Gasteiger partial charge is 0.00992 e. The van der Waals surface area contributed by atoms with E-state index in [0.29, 0.717) is 0 Å². The Bertz CT molecular complexity index is 1080. The molecule has 0 nitrogen and oxygen atoms in total. The molecule has 0 saturated heterocycles. The Hall–Kier alpha value is -3.38. The fourth-order valence-corrected chi connectivity index (χ4v) is 3.47. The van der Waals surface area contributed by atoms with E-state index in [4.69, 9.17) is 0 Å². The van der Waals surface area contributed by atoms with Crippen molar-refractivity contribution in [1.29, 1.82) is 0 Å². The summed E-state index contributed by atoms with van der Waals surface area (Å²) in [7, 11) is 0. The van der Waals surface area contributed by atoms with Gasteiger partial charge in [-0.3, -0.25) is 0 Å². The van der Waals surface area contributed by atoms with Crippen LogP contribution in [0.15, 0.2) is 103 Å². The number of hydrogen-bond acceptors (Lipinski definition) is 0. The lowest BCUT2D eigenvalue weighted by molar-refractivity contribution is 1.44. The second-order valence-electron chi connectivity index (χ2n) is 7.25. The van der Waals surface area contributed by atoms with Crippen LogP contribution in [0.5, 0.6) is 0 Å². The molecule has 0 heterocycles. The molecule has 0 amide bonds. The summed E-state index contributed by atoms with van der Waals surface area (Å²) in [5, 5.41) is 0. The highest BCUT2D eigenvalue weighted by atomic mass is 14.2. The monoisotopic (exact) mass is 360 g/mol. The second kappa shape index (κ2) is 8.10. The van der Waals surface area contributed by atoms with Gasteiger partial charge >= 0.3 is 0 Å². The van der Waals surface area contributed by atoms with E-state index in [0.717, 1.165) is 0 Å². The Kier molecular flexibility index (Phi) is 5.21. The first-order chi connectivity index (χ1) is 13.7. The third-order valence-corrected chi connectivity index (χ3v) is 5.05. The quantitative estimate of drug-likeness (QED) is 0.329. The van der Waals surface area contributed by atoms with Crippen LogP contribution in [0.1, 0.15) is 27.8 Å². The summed E-state index contributed by atoms with van der Waals surface area (Å²) in [4.78, 5) is 0. The minimum Gasteiger partial charge on any atom is -0.0622 e. The minimum absolute atomic E-state index is 1.21. The maximum Gasteiger partial charge on any atom is -0.00992 e. The number of hydrogen-bond donors (Lipinski definition) is 0. The molecule has 0 aromatic heterocycles. The Morgan fingerprint density at radius 3 is 1.82 bits per heavy atom. The van der Waals surface area contributed by atoms with Gasteiger partial charge in [-0.25, -0.2) is 0 Å². The molecule has 0 unspecified atom stereocenters. The summed E-state index contributed by atoms with van der Waals surface area (Å²) in [5.74, 6) is 0. The summed E-state index contributed by atoms with van der Waals surface area (Å²) >= 11 is 0. The largest absolute Gasteiger partial charge is 0.0622 e. The van der Waals surface area contributed by atoms with Crippen LogP contribution < -0.4 is 0 Å². The van der Waals surface area contributed by atoms with Crippen molar-refractivity contribution in [3.8, 4) is 11.1 Å². The van der Waals surface area contributed by atoms with Crippen LogP contribution in [0.25, 0.3) is 22.8 Å². The minimum atomic E-state index is 1.21. The molecule has 0 atom stereocenters. The summed E-state index contributed by atoms with van der Waals surface area (Å²) < 4.78 is 0. The Balaban J connectivity index is 1.92. The summed E-state index contributed by atoms with van der Waals surface area (Å²) in [6.45, 7) is 4.25. The number of aryl methyl sites for hydroxylation is 2. The fourth-order valence-electron chi connectivity index (χ4n) is 3.47. The molecule has 4 aromatic carbocycles. The molecular formula is C28H24. The van der Waals surface area contributed by atoms with Crippen molar-refractivity contribution in [2.75, 3.05) is 0 Å². The zero-order valence-electron chi connectivity index (χ0n) is 16.4. The van der Waals surface area contributed by atoms with E-state index in [2.05, 4.69) is 123 Å². The van der Waals surface area contributed by atoms with Crippen LogP contribution in [0.4, 0.5) is 0 Å². The van der Waals surface area contributed by atoms with E-state index in [-0.39, 0.29) is 0 Å². The van der Waals surface area contributed by atoms with Gasteiger partial charge in [0.25, 0.3) is 0 Å². The van der Waals surface area contributed by atoms with Gasteiger partial charge in [0.1, 0.15) is 0 Å². The van der Waals surface area contributed by atoms with Gasteiger partial charge < -0.3 is 0 Å². The Morgan fingerprint density at radius 2 is 1.14 bits per heavy atom. The maximum absolute atomic E-state index is 2.30. The average molecular weight is 361 g/mol. The first-order valence-corrected chi connectivity index (χ1v) is 9.71. The zero-order chi connectivity index (χ0) is 19.3.